The van der Waals surface area contributed by atoms with Gasteiger partial charge in [-0.25, -0.2) is 0 Å². The van der Waals surface area contributed by atoms with E-state index in [0.29, 0.717) is 5.56 Å². The van der Waals surface area contributed by atoms with E-state index in [2.05, 4.69) is 0 Å². The molecule has 0 bridgehead atoms. The Balaban J connectivity index is 2.05. The molecule has 4 nitrogen and oxygen atoms in total. The van der Waals surface area contributed by atoms with Crippen LogP contribution in [0.2, 0.25) is 0 Å². The Morgan fingerprint density at radius 1 is 1.15 bits per heavy atom. The van der Waals surface area contributed by atoms with Crippen LogP contribution < -0.4 is 0 Å². The van der Waals surface area contributed by atoms with Gasteiger partial charge < -0.3 is 5.11 Å². The number of benzene rings is 1. The van der Waals surface area contributed by atoms with Gasteiger partial charge in [-0.1, -0.05) is 36.2 Å². The zero-order valence-electron chi connectivity index (χ0n) is 11.8. The average molecular weight is 275 g/mol. The van der Waals surface area contributed by atoms with Gasteiger partial charge in [0.25, 0.3) is 0 Å². The minimum absolute atomic E-state index is 0.0540. The third-order valence-corrected chi connectivity index (χ3v) is 3.87. The fourth-order valence-electron chi connectivity index (χ4n) is 2.64. The lowest BCUT2D eigenvalue weighted by atomic mass is 10.00. The summed E-state index contributed by atoms with van der Waals surface area (Å²) in [7, 11) is 0. The summed E-state index contributed by atoms with van der Waals surface area (Å²) >= 11 is 0. The Bertz CT molecular complexity index is 475. The van der Waals surface area contributed by atoms with Crippen LogP contribution in [-0.4, -0.2) is 40.9 Å². The second-order valence-electron chi connectivity index (χ2n) is 5.44. The zero-order chi connectivity index (χ0) is 14.5. The number of carbonyl (C=O) groups is 2. The number of piperidine rings is 1. The molecule has 1 fully saturated rings. The maximum atomic E-state index is 12.2. The fourth-order valence-corrected chi connectivity index (χ4v) is 2.64. The highest BCUT2D eigenvalue weighted by atomic mass is 16.4. The minimum Gasteiger partial charge on any atom is -0.480 e. The van der Waals surface area contributed by atoms with E-state index >= 15 is 0 Å². The predicted molar refractivity (Wildman–Crippen MR) is 77.0 cm³/mol. The number of carboxylic acid groups (broad SMARTS) is 1. The lowest BCUT2D eigenvalue weighted by Gasteiger charge is -2.31. The van der Waals surface area contributed by atoms with Crippen molar-refractivity contribution in [3.63, 3.8) is 0 Å². The number of ketones is 1. The summed E-state index contributed by atoms with van der Waals surface area (Å²) in [5.74, 6) is -0.990. The van der Waals surface area contributed by atoms with Crippen LogP contribution >= 0.6 is 0 Å². The predicted octanol–water partition coefficient (Wildman–Crippen LogP) is 2.51. The van der Waals surface area contributed by atoms with Gasteiger partial charge in [-0.2, -0.15) is 0 Å². The van der Waals surface area contributed by atoms with E-state index < -0.39 is 12.0 Å². The molecule has 0 aliphatic carbocycles. The van der Waals surface area contributed by atoms with Gasteiger partial charge in [0, 0.05) is 12.0 Å². The highest BCUT2D eigenvalue weighted by molar-refractivity contribution is 5.98. The summed E-state index contributed by atoms with van der Waals surface area (Å²) in [6, 6.07) is 6.61. The zero-order valence-corrected chi connectivity index (χ0v) is 11.8. The van der Waals surface area contributed by atoms with Crippen molar-refractivity contribution >= 4 is 11.8 Å². The number of hydrogen-bond donors (Lipinski definition) is 1. The number of carboxylic acids is 1. The van der Waals surface area contributed by atoms with Crippen molar-refractivity contribution in [3.05, 3.63) is 35.4 Å². The average Bonchev–Trinajstić information content (AvgIpc) is 2.46. The summed E-state index contributed by atoms with van der Waals surface area (Å²) in [4.78, 5) is 25.6. The van der Waals surface area contributed by atoms with E-state index in [1.165, 1.54) is 0 Å². The van der Waals surface area contributed by atoms with Crippen LogP contribution in [0, 0.1) is 6.92 Å². The maximum Gasteiger partial charge on any atom is 0.321 e. The molecule has 2 rings (SSSR count). The van der Waals surface area contributed by atoms with Gasteiger partial charge in [0.05, 0.1) is 0 Å². The first kappa shape index (κ1) is 14.7. The summed E-state index contributed by atoms with van der Waals surface area (Å²) in [6.45, 7) is 3.51. The van der Waals surface area contributed by atoms with Gasteiger partial charge >= 0.3 is 5.97 Å². The lowest BCUT2D eigenvalue weighted by Crippen LogP contribution is -2.45. The molecule has 0 spiro atoms. The van der Waals surface area contributed by atoms with E-state index in [4.69, 9.17) is 0 Å². The van der Waals surface area contributed by atoms with Crippen molar-refractivity contribution < 1.29 is 14.7 Å². The number of carbonyl (C=O) groups excluding carboxylic acids is 1. The van der Waals surface area contributed by atoms with Gasteiger partial charge in [0.2, 0.25) is 0 Å². The van der Waals surface area contributed by atoms with Crippen molar-refractivity contribution in [2.45, 2.75) is 38.6 Å². The van der Waals surface area contributed by atoms with Crippen LogP contribution in [0.25, 0.3) is 0 Å². The topological polar surface area (TPSA) is 57.6 Å². The fraction of sp³-hybridized carbons (Fsp3) is 0.500. The summed E-state index contributed by atoms with van der Waals surface area (Å²) < 4.78 is 0. The quantitative estimate of drug-likeness (QED) is 0.839. The Labute approximate surface area is 119 Å². The molecule has 0 aromatic heterocycles. The number of hydrogen-bond acceptors (Lipinski definition) is 3. The number of nitrogens with zero attached hydrogens (tertiary/aromatic N) is 1. The van der Waals surface area contributed by atoms with Crippen molar-refractivity contribution in [2.75, 3.05) is 13.1 Å². The summed E-state index contributed by atoms with van der Waals surface area (Å²) in [6.07, 6.45) is 3.23. The lowest BCUT2D eigenvalue weighted by molar-refractivity contribution is -0.143. The van der Waals surface area contributed by atoms with Crippen LogP contribution in [-0.2, 0) is 4.79 Å². The standard InChI is InChI=1S/C16H21NO3/c1-12-5-7-13(8-6-12)15(18)11-14(16(19)20)17-9-3-2-4-10-17/h5-8,14H,2-4,9-11H2,1H3,(H,19,20)/t14-/m1/s1. The smallest absolute Gasteiger partial charge is 0.321 e. The molecule has 1 heterocycles. The summed E-state index contributed by atoms with van der Waals surface area (Å²) in [5, 5.41) is 9.37. The van der Waals surface area contributed by atoms with Crippen LogP contribution in [0.1, 0.15) is 41.6 Å². The highest BCUT2D eigenvalue weighted by Crippen LogP contribution is 2.17. The number of aryl methyl sites for hydroxylation is 1. The van der Waals surface area contributed by atoms with E-state index in [0.717, 1.165) is 37.9 Å². The number of rotatable bonds is 5. The van der Waals surface area contributed by atoms with Crippen molar-refractivity contribution in [2.24, 2.45) is 0 Å². The molecule has 4 heteroatoms. The van der Waals surface area contributed by atoms with Gasteiger partial charge in [-0.15, -0.1) is 0 Å². The maximum absolute atomic E-state index is 12.2. The van der Waals surface area contributed by atoms with Crippen LogP contribution in [0.4, 0.5) is 0 Å². The SMILES string of the molecule is Cc1ccc(C(=O)C[C@H](C(=O)O)N2CCCCC2)cc1. The van der Waals surface area contributed by atoms with E-state index in [9.17, 15) is 14.7 Å². The molecule has 0 unspecified atom stereocenters. The molecule has 0 radical (unpaired) electrons. The number of aliphatic carboxylic acids is 1. The molecule has 1 aliphatic rings. The van der Waals surface area contributed by atoms with Crippen LogP contribution in [0.3, 0.4) is 0 Å². The van der Waals surface area contributed by atoms with Crippen molar-refractivity contribution in [1.82, 2.24) is 4.90 Å². The van der Waals surface area contributed by atoms with Gasteiger partial charge in [0.1, 0.15) is 6.04 Å². The first-order chi connectivity index (χ1) is 9.58. The van der Waals surface area contributed by atoms with Crippen LogP contribution in [0.15, 0.2) is 24.3 Å². The molecule has 1 N–H and O–H groups in total. The first-order valence-corrected chi connectivity index (χ1v) is 7.14. The van der Waals surface area contributed by atoms with Crippen molar-refractivity contribution in [3.8, 4) is 0 Å². The Kier molecular flexibility index (Phi) is 4.90. The molecule has 20 heavy (non-hydrogen) atoms. The molecule has 1 aromatic carbocycles. The molecule has 0 amide bonds. The molecule has 108 valence electrons. The van der Waals surface area contributed by atoms with Gasteiger partial charge in [0.15, 0.2) is 5.78 Å². The highest BCUT2D eigenvalue weighted by Gasteiger charge is 2.29. The van der Waals surface area contributed by atoms with E-state index in [-0.39, 0.29) is 12.2 Å². The first-order valence-electron chi connectivity index (χ1n) is 7.14. The van der Waals surface area contributed by atoms with E-state index in [1.807, 2.05) is 24.0 Å². The molecular formula is C16H21NO3. The Hall–Kier alpha value is -1.68. The van der Waals surface area contributed by atoms with Crippen molar-refractivity contribution in [1.29, 1.82) is 0 Å². The molecule has 1 aliphatic heterocycles. The normalized spacial score (nSPS) is 17.6. The molecule has 0 saturated carbocycles. The minimum atomic E-state index is -0.896. The monoisotopic (exact) mass is 275 g/mol. The Morgan fingerprint density at radius 2 is 1.75 bits per heavy atom. The van der Waals surface area contributed by atoms with E-state index in [1.54, 1.807) is 12.1 Å². The third kappa shape index (κ3) is 3.67. The van der Waals surface area contributed by atoms with Crippen LogP contribution in [0.5, 0.6) is 0 Å². The molecule has 1 atom stereocenters. The molecule has 1 aromatic rings. The second-order valence-corrected chi connectivity index (χ2v) is 5.44. The number of Topliss-reactive ketones (excluding diaryl/α,β-unsaturated/α-hetero) is 1. The molecular weight excluding hydrogens is 254 g/mol. The second kappa shape index (κ2) is 6.66. The Morgan fingerprint density at radius 3 is 2.30 bits per heavy atom. The molecule has 1 saturated heterocycles. The number of likely N-dealkylation sites (tertiary alicyclic amines) is 1. The third-order valence-electron chi connectivity index (χ3n) is 3.87. The van der Waals surface area contributed by atoms with Gasteiger partial charge in [-0.3, -0.25) is 14.5 Å². The largest absolute Gasteiger partial charge is 0.480 e. The summed E-state index contributed by atoms with van der Waals surface area (Å²) in [5.41, 5.74) is 1.69. The van der Waals surface area contributed by atoms with Gasteiger partial charge in [-0.05, 0) is 32.9 Å².